The molecule has 1 aliphatic heterocycles. The van der Waals surface area contributed by atoms with E-state index >= 15 is 0 Å². The van der Waals surface area contributed by atoms with Crippen molar-refractivity contribution in [1.29, 1.82) is 0 Å². The molecule has 0 spiro atoms. The van der Waals surface area contributed by atoms with Gasteiger partial charge in [0.15, 0.2) is 0 Å². The van der Waals surface area contributed by atoms with E-state index in [0.29, 0.717) is 0 Å². The number of aromatic nitrogens is 1. The van der Waals surface area contributed by atoms with Gasteiger partial charge >= 0.3 is 0 Å². The van der Waals surface area contributed by atoms with E-state index in [-0.39, 0.29) is 0 Å². The predicted octanol–water partition coefficient (Wildman–Crippen LogP) is 0.865. The molecule has 0 fully saturated rings. The topological polar surface area (TPSA) is 25.2 Å². The van der Waals surface area contributed by atoms with E-state index in [1.54, 1.807) is 12.4 Å². The molecule has 1 aliphatic rings. The van der Waals surface area contributed by atoms with Gasteiger partial charge in [0.25, 0.3) is 0 Å². The SMILES string of the molecule is CCC1=Nc2cnccc2[B]1. The van der Waals surface area contributed by atoms with Crippen LogP contribution in [-0.2, 0) is 0 Å². The van der Waals surface area contributed by atoms with Gasteiger partial charge in [0, 0.05) is 6.20 Å². The van der Waals surface area contributed by atoms with Crippen molar-refractivity contribution in [1.82, 2.24) is 4.98 Å². The van der Waals surface area contributed by atoms with Crippen LogP contribution in [0.3, 0.4) is 0 Å². The fourth-order valence-corrected chi connectivity index (χ4v) is 1.16. The Morgan fingerprint density at radius 1 is 1.55 bits per heavy atom. The smallest absolute Gasteiger partial charge is 0.214 e. The Morgan fingerprint density at radius 3 is 3.18 bits per heavy atom. The first kappa shape index (κ1) is 6.59. The van der Waals surface area contributed by atoms with Crippen molar-refractivity contribution in [2.24, 2.45) is 4.99 Å². The molecule has 2 rings (SSSR count). The molecule has 0 saturated carbocycles. The molecule has 1 radical (unpaired) electrons. The summed E-state index contributed by atoms with van der Waals surface area (Å²) in [6.45, 7) is 2.11. The van der Waals surface area contributed by atoms with Crippen LogP contribution in [0.2, 0.25) is 0 Å². The van der Waals surface area contributed by atoms with Crippen LogP contribution in [0.15, 0.2) is 23.5 Å². The lowest BCUT2D eigenvalue weighted by molar-refractivity contribution is 1.29. The van der Waals surface area contributed by atoms with E-state index in [4.69, 9.17) is 0 Å². The molecule has 53 valence electrons. The molecule has 2 nitrogen and oxygen atoms in total. The molecule has 11 heavy (non-hydrogen) atoms. The summed E-state index contributed by atoms with van der Waals surface area (Å²) in [5, 5.41) is 0. The van der Waals surface area contributed by atoms with Crippen LogP contribution < -0.4 is 5.46 Å². The first-order chi connectivity index (χ1) is 5.40. The van der Waals surface area contributed by atoms with Crippen molar-refractivity contribution in [3.8, 4) is 0 Å². The first-order valence-corrected chi connectivity index (χ1v) is 3.76. The molecule has 0 amide bonds. The zero-order chi connectivity index (χ0) is 7.68. The molecule has 3 heteroatoms. The van der Waals surface area contributed by atoms with E-state index in [1.165, 1.54) is 5.46 Å². The highest BCUT2D eigenvalue weighted by molar-refractivity contribution is 6.88. The molecule has 0 unspecified atom stereocenters. The Hall–Kier alpha value is -1.12. The minimum Gasteiger partial charge on any atom is -0.267 e. The summed E-state index contributed by atoms with van der Waals surface area (Å²) < 4.78 is 0. The van der Waals surface area contributed by atoms with Crippen LogP contribution in [0.4, 0.5) is 5.69 Å². The van der Waals surface area contributed by atoms with Crippen molar-refractivity contribution in [3.05, 3.63) is 18.5 Å². The molecule has 0 saturated heterocycles. The summed E-state index contributed by atoms with van der Waals surface area (Å²) in [4.78, 5) is 8.37. The number of fused-ring (bicyclic) bond motifs is 1. The maximum atomic E-state index is 4.37. The monoisotopic (exact) mass is 143 g/mol. The number of hydrogen-bond donors (Lipinski definition) is 0. The van der Waals surface area contributed by atoms with Crippen LogP contribution in [-0.4, -0.2) is 17.9 Å². The van der Waals surface area contributed by atoms with Crippen LogP contribution in [0, 0.1) is 0 Å². The second kappa shape index (κ2) is 2.49. The Labute approximate surface area is 66.6 Å². The van der Waals surface area contributed by atoms with Gasteiger partial charge in [0.2, 0.25) is 7.28 Å². The number of pyridine rings is 1. The van der Waals surface area contributed by atoms with Crippen LogP contribution in [0.25, 0.3) is 0 Å². The Kier molecular flexibility index (Phi) is 1.49. The highest BCUT2D eigenvalue weighted by atomic mass is 14.8. The maximum Gasteiger partial charge on any atom is 0.214 e. The van der Waals surface area contributed by atoms with Gasteiger partial charge in [0.05, 0.1) is 11.9 Å². The minimum absolute atomic E-state index is 0.995. The van der Waals surface area contributed by atoms with Crippen molar-refractivity contribution in [2.75, 3.05) is 0 Å². The van der Waals surface area contributed by atoms with Crippen molar-refractivity contribution >= 4 is 24.0 Å². The second-order valence-electron chi connectivity index (χ2n) is 2.54. The van der Waals surface area contributed by atoms with Gasteiger partial charge in [-0.1, -0.05) is 12.4 Å². The highest BCUT2D eigenvalue weighted by Crippen LogP contribution is 2.12. The highest BCUT2D eigenvalue weighted by Gasteiger charge is 2.13. The van der Waals surface area contributed by atoms with Gasteiger partial charge in [-0.25, -0.2) is 0 Å². The zero-order valence-electron chi connectivity index (χ0n) is 6.41. The van der Waals surface area contributed by atoms with Crippen molar-refractivity contribution in [3.63, 3.8) is 0 Å². The van der Waals surface area contributed by atoms with E-state index in [2.05, 4.69) is 24.2 Å². The maximum absolute atomic E-state index is 4.37. The van der Waals surface area contributed by atoms with E-state index < -0.39 is 0 Å². The first-order valence-electron chi connectivity index (χ1n) is 3.76. The molecule has 0 aromatic carbocycles. The molecular weight excluding hydrogens is 135 g/mol. The Morgan fingerprint density at radius 2 is 2.45 bits per heavy atom. The summed E-state index contributed by atoms with van der Waals surface area (Å²) in [5.41, 5.74) is 3.34. The van der Waals surface area contributed by atoms with Crippen molar-refractivity contribution < 1.29 is 0 Å². The van der Waals surface area contributed by atoms with Gasteiger partial charge in [-0.15, -0.1) is 0 Å². The molecule has 1 aromatic heterocycles. The molecule has 0 aliphatic carbocycles. The van der Waals surface area contributed by atoms with E-state index in [1.807, 2.05) is 6.07 Å². The molecule has 0 N–H and O–H groups in total. The average Bonchev–Trinajstić information content (AvgIpc) is 2.46. The van der Waals surface area contributed by atoms with Gasteiger partial charge in [-0.3, -0.25) is 9.98 Å². The average molecular weight is 143 g/mol. The van der Waals surface area contributed by atoms with E-state index in [0.717, 1.165) is 17.7 Å². The summed E-state index contributed by atoms with van der Waals surface area (Å²) in [6, 6.07) is 1.99. The van der Waals surface area contributed by atoms with Gasteiger partial charge in [0.1, 0.15) is 0 Å². The number of nitrogens with zero attached hydrogens (tertiary/aromatic N) is 2. The Balaban J connectivity index is 2.39. The zero-order valence-corrected chi connectivity index (χ0v) is 6.41. The summed E-state index contributed by atoms with van der Waals surface area (Å²) in [7, 11) is 2.11. The summed E-state index contributed by atoms with van der Waals surface area (Å²) in [6.07, 6.45) is 4.59. The molecule has 0 atom stereocenters. The van der Waals surface area contributed by atoms with Crippen LogP contribution >= 0.6 is 0 Å². The number of rotatable bonds is 1. The molecular formula is C8H8BN2. The van der Waals surface area contributed by atoms with Crippen LogP contribution in [0.5, 0.6) is 0 Å². The third-order valence-corrected chi connectivity index (χ3v) is 1.78. The van der Waals surface area contributed by atoms with Crippen molar-refractivity contribution in [2.45, 2.75) is 13.3 Å². The largest absolute Gasteiger partial charge is 0.267 e. The molecule has 2 heterocycles. The van der Waals surface area contributed by atoms with E-state index in [9.17, 15) is 0 Å². The molecule has 1 aromatic rings. The fourth-order valence-electron chi connectivity index (χ4n) is 1.16. The fraction of sp³-hybridized carbons (Fsp3) is 0.250. The lowest BCUT2D eigenvalue weighted by atomic mass is 9.67. The number of hydrogen-bond acceptors (Lipinski definition) is 2. The second-order valence-corrected chi connectivity index (χ2v) is 2.54. The Bertz CT molecular complexity index is 307. The van der Waals surface area contributed by atoms with Gasteiger partial charge in [-0.2, -0.15) is 0 Å². The lowest BCUT2D eigenvalue weighted by Crippen LogP contribution is -2.16. The number of aliphatic imine (C=N–C) groups is 1. The summed E-state index contributed by atoms with van der Waals surface area (Å²) >= 11 is 0. The van der Waals surface area contributed by atoms with Gasteiger partial charge in [-0.05, 0) is 18.1 Å². The minimum atomic E-state index is 0.995. The predicted molar refractivity (Wildman–Crippen MR) is 47.0 cm³/mol. The van der Waals surface area contributed by atoms with Crippen LogP contribution in [0.1, 0.15) is 13.3 Å². The summed E-state index contributed by atoms with van der Waals surface area (Å²) in [5.74, 6) is 0. The molecule has 0 bridgehead atoms. The lowest BCUT2D eigenvalue weighted by Gasteiger charge is -1.90. The normalized spacial score (nSPS) is 13.7. The standard InChI is InChI=1S/C8H8BN2/c1-2-8-9-6-3-4-10-5-7(6)11-8/h3-5H,2H2,1H3. The quantitative estimate of drug-likeness (QED) is 0.535. The van der Waals surface area contributed by atoms with Gasteiger partial charge < -0.3 is 0 Å². The third-order valence-electron chi connectivity index (χ3n) is 1.78. The third kappa shape index (κ3) is 1.07.